The molecule has 1 fully saturated rings. The molecule has 4 rings (SSSR count). The highest BCUT2D eigenvalue weighted by atomic mass is 32.2. The molecular weight excluding hydrogens is 406 g/mol. The number of amides is 2. The van der Waals surface area contributed by atoms with Crippen LogP contribution in [0, 0.1) is 0 Å². The molecule has 29 heavy (non-hydrogen) atoms. The number of carbonyl (C=O) groups excluding carboxylic acids is 2. The second kappa shape index (κ2) is 8.79. The third-order valence-corrected chi connectivity index (χ3v) is 6.95. The molecular formula is C20H21N5O2S2. The van der Waals surface area contributed by atoms with Crippen molar-refractivity contribution in [3.8, 4) is 0 Å². The molecule has 0 atom stereocenters. The van der Waals surface area contributed by atoms with E-state index in [1.165, 1.54) is 23.1 Å². The van der Waals surface area contributed by atoms with E-state index in [9.17, 15) is 9.59 Å². The first kappa shape index (κ1) is 19.7. The number of rotatable bonds is 5. The minimum Gasteiger partial charge on any atom is -0.358 e. The Morgan fingerprint density at radius 3 is 2.59 bits per heavy atom. The number of piperazine rings is 1. The predicted octanol–water partition coefficient (Wildman–Crippen LogP) is 2.49. The van der Waals surface area contributed by atoms with E-state index in [0.29, 0.717) is 31.9 Å². The SMILES string of the molecule is CNC(=O)CSc1nnc(N2CCN(C(=O)c3ccc4ccccc4c3)CC2)s1. The number of carbonyl (C=O) groups is 2. The maximum Gasteiger partial charge on any atom is 0.253 e. The number of anilines is 1. The standard InChI is InChI=1S/C20H21N5O2S2/c1-21-17(26)13-28-20-23-22-19(29-20)25-10-8-24(9-11-25)18(27)16-7-6-14-4-2-3-5-15(14)12-16/h2-7,12H,8-11,13H2,1H3,(H,21,26). The Labute approximate surface area is 177 Å². The number of nitrogens with zero attached hydrogens (tertiary/aromatic N) is 4. The zero-order chi connectivity index (χ0) is 20.2. The lowest BCUT2D eigenvalue weighted by Crippen LogP contribution is -2.48. The van der Waals surface area contributed by atoms with Gasteiger partial charge in [-0.05, 0) is 22.9 Å². The quantitative estimate of drug-likeness (QED) is 0.631. The average Bonchev–Trinajstić information content (AvgIpc) is 3.26. The molecule has 1 N–H and O–H groups in total. The van der Waals surface area contributed by atoms with Crippen LogP contribution < -0.4 is 10.2 Å². The fourth-order valence-electron chi connectivity index (χ4n) is 3.19. The Balaban J connectivity index is 1.35. The largest absolute Gasteiger partial charge is 0.358 e. The van der Waals surface area contributed by atoms with Gasteiger partial charge in [0.1, 0.15) is 0 Å². The Bertz CT molecular complexity index is 1030. The van der Waals surface area contributed by atoms with Crippen molar-refractivity contribution in [2.75, 3.05) is 43.9 Å². The topological polar surface area (TPSA) is 78.4 Å². The van der Waals surface area contributed by atoms with Gasteiger partial charge in [-0.15, -0.1) is 10.2 Å². The van der Waals surface area contributed by atoms with Crippen molar-refractivity contribution < 1.29 is 9.59 Å². The Kier molecular flexibility index (Phi) is 5.96. The molecule has 1 aliphatic heterocycles. The van der Waals surface area contributed by atoms with Crippen molar-refractivity contribution in [2.45, 2.75) is 4.34 Å². The second-order valence-electron chi connectivity index (χ2n) is 6.65. The van der Waals surface area contributed by atoms with Crippen molar-refractivity contribution in [1.29, 1.82) is 0 Å². The molecule has 0 bridgehead atoms. The first-order valence-electron chi connectivity index (χ1n) is 9.34. The van der Waals surface area contributed by atoms with Gasteiger partial charge in [-0.3, -0.25) is 9.59 Å². The minimum absolute atomic E-state index is 0.0347. The molecule has 1 saturated heterocycles. The fraction of sp³-hybridized carbons (Fsp3) is 0.300. The summed E-state index contributed by atoms with van der Waals surface area (Å²) < 4.78 is 0.776. The lowest BCUT2D eigenvalue weighted by Gasteiger charge is -2.34. The van der Waals surface area contributed by atoms with Gasteiger partial charge in [0.15, 0.2) is 4.34 Å². The summed E-state index contributed by atoms with van der Waals surface area (Å²) in [5.41, 5.74) is 0.723. The molecule has 0 radical (unpaired) electrons. The molecule has 0 spiro atoms. The van der Waals surface area contributed by atoms with Crippen LogP contribution in [0.15, 0.2) is 46.8 Å². The smallest absolute Gasteiger partial charge is 0.253 e. The molecule has 2 amide bonds. The van der Waals surface area contributed by atoms with E-state index in [0.717, 1.165) is 25.8 Å². The van der Waals surface area contributed by atoms with Crippen molar-refractivity contribution in [2.24, 2.45) is 0 Å². The van der Waals surface area contributed by atoms with Gasteiger partial charge in [-0.1, -0.05) is 53.4 Å². The first-order valence-corrected chi connectivity index (χ1v) is 11.1. The lowest BCUT2D eigenvalue weighted by molar-refractivity contribution is -0.118. The third kappa shape index (κ3) is 4.51. The molecule has 0 saturated carbocycles. The highest BCUT2D eigenvalue weighted by molar-refractivity contribution is 8.01. The number of thioether (sulfide) groups is 1. The normalized spacial score (nSPS) is 14.2. The highest BCUT2D eigenvalue weighted by Crippen LogP contribution is 2.28. The lowest BCUT2D eigenvalue weighted by atomic mass is 10.1. The molecule has 1 aromatic heterocycles. The van der Waals surface area contributed by atoms with E-state index in [1.807, 2.05) is 47.4 Å². The van der Waals surface area contributed by atoms with Gasteiger partial charge in [0.05, 0.1) is 5.75 Å². The summed E-state index contributed by atoms with van der Waals surface area (Å²) in [6, 6.07) is 13.9. The molecule has 150 valence electrons. The number of fused-ring (bicyclic) bond motifs is 1. The van der Waals surface area contributed by atoms with Gasteiger partial charge in [0.25, 0.3) is 5.91 Å². The fourth-order valence-corrected chi connectivity index (χ4v) is 4.96. The van der Waals surface area contributed by atoms with Crippen molar-refractivity contribution in [3.05, 3.63) is 48.0 Å². The predicted molar refractivity (Wildman–Crippen MR) is 117 cm³/mol. The summed E-state index contributed by atoms with van der Waals surface area (Å²) in [7, 11) is 1.62. The maximum atomic E-state index is 12.9. The summed E-state index contributed by atoms with van der Waals surface area (Å²) in [6.07, 6.45) is 0. The van der Waals surface area contributed by atoms with Gasteiger partial charge in [-0.25, -0.2) is 0 Å². The molecule has 9 heteroatoms. The van der Waals surface area contributed by atoms with Crippen molar-refractivity contribution >= 4 is 50.8 Å². The van der Waals surface area contributed by atoms with Crippen LogP contribution in [0.3, 0.4) is 0 Å². The number of benzene rings is 2. The molecule has 2 heterocycles. The zero-order valence-corrected chi connectivity index (χ0v) is 17.6. The highest BCUT2D eigenvalue weighted by Gasteiger charge is 2.24. The third-order valence-electron chi connectivity index (χ3n) is 4.84. The van der Waals surface area contributed by atoms with Crippen LogP contribution in [-0.2, 0) is 4.79 Å². The van der Waals surface area contributed by atoms with Crippen molar-refractivity contribution in [3.63, 3.8) is 0 Å². The Morgan fingerprint density at radius 2 is 1.83 bits per heavy atom. The number of nitrogens with one attached hydrogen (secondary N) is 1. The summed E-state index contributed by atoms with van der Waals surface area (Å²) in [5, 5.41) is 14.0. The van der Waals surface area contributed by atoms with Gasteiger partial charge >= 0.3 is 0 Å². The Morgan fingerprint density at radius 1 is 1.07 bits per heavy atom. The van der Waals surface area contributed by atoms with Crippen LogP contribution in [0.1, 0.15) is 10.4 Å². The number of hydrogen-bond donors (Lipinski definition) is 1. The van der Waals surface area contributed by atoms with Gasteiger partial charge in [0.2, 0.25) is 11.0 Å². The number of hydrogen-bond acceptors (Lipinski definition) is 7. The summed E-state index contributed by atoms with van der Waals surface area (Å²) in [4.78, 5) is 28.3. The van der Waals surface area contributed by atoms with Crippen LogP contribution in [0.25, 0.3) is 10.8 Å². The summed E-state index contributed by atoms with van der Waals surface area (Å²) in [6.45, 7) is 2.72. The molecule has 3 aromatic rings. The van der Waals surface area contributed by atoms with Crippen molar-refractivity contribution in [1.82, 2.24) is 20.4 Å². The maximum absolute atomic E-state index is 12.9. The van der Waals surface area contributed by atoms with E-state index in [1.54, 1.807) is 7.05 Å². The minimum atomic E-state index is -0.0347. The summed E-state index contributed by atoms with van der Waals surface area (Å²) in [5.74, 6) is 0.362. The van der Waals surface area contributed by atoms with E-state index in [2.05, 4.69) is 20.4 Å². The van der Waals surface area contributed by atoms with Crippen LogP contribution in [0.2, 0.25) is 0 Å². The van der Waals surface area contributed by atoms with Gasteiger partial charge in [0, 0.05) is 38.8 Å². The van der Waals surface area contributed by atoms with Crippen LogP contribution in [-0.4, -0.2) is 65.9 Å². The van der Waals surface area contributed by atoms with Crippen LogP contribution >= 0.6 is 23.1 Å². The molecule has 0 aliphatic carbocycles. The van der Waals surface area contributed by atoms with E-state index in [-0.39, 0.29) is 11.8 Å². The number of aromatic nitrogens is 2. The summed E-state index contributed by atoms with van der Waals surface area (Å²) >= 11 is 2.87. The molecule has 0 unspecified atom stereocenters. The molecule has 2 aromatic carbocycles. The van der Waals surface area contributed by atoms with Crippen LogP contribution in [0.4, 0.5) is 5.13 Å². The monoisotopic (exact) mass is 427 g/mol. The average molecular weight is 428 g/mol. The first-order chi connectivity index (χ1) is 14.1. The van der Waals surface area contributed by atoms with Crippen LogP contribution in [0.5, 0.6) is 0 Å². The Hall–Kier alpha value is -2.65. The van der Waals surface area contributed by atoms with E-state index < -0.39 is 0 Å². The second-order valence-corrected chi connectivity index (χ2v) is 8.83. The van der Waals surface area contributed by atoms with Gasteiger partial charge in [-0.2, -0.15) is 0 Å². The molecule has 1 aliphatic rings. The van der Waals surface area contributed by atoms with Gasteiger partial charge < -0.3 is 15.1 Å². The van der Waals surface area contributed by atoms with E-state index >= 15 is 0 Å². The zero-order valence-electron chi connectivity index (χ0n) is 16.0. The van der Waals surface area contributed by atoms with E-state index in [4.69, 9.17) is 0 Å². The molecule has 7 nitrogen and oxygen atoms in total.